The smallest absolute Gasteiger partial charge is 0.257 e. The third kappa shape index (κ3) is 5.99. The first-order valence-corrected chi connectivity index (χ1v) is 13.0. The summed E-state index contributed by atoms with van der Waals surface area (Å²) in [4.78, 5) is 27.4. The van der Waals surface area contributed by atoms with Gasteiger partial charge in [0, 0.05) is 29.7 Å². The summed E-state index contributed by atoms with van der Waals surface area (Å²) in [6.07, 6.45) is 0.734. The number of ether oxygens (including phenoxy) is 2. The van der Waals surface area contributed by atoms with E-state index in [1.165, 1.54) is 11.3 Å². The number of hydrogen-bond acceptors (Lipinski definition) is 6. The Morgan fingerprint density at radius 2 is 1.97 bits per heavy atom. The molecule has 2 aromatic heterocycles. The Balaban J connectivity index is 1.42. The highest BCUT2D eigenvalue weighted by molar-refractivity contribution is 9.10. The number of carbonyl (C=O) groups excluding carboxylic acids is 1. The highest BCUT2D eigenvalue weighted by Crippen LogP contribution is 2.29. The second kappa shape index (κ2) is 11.6. The molecule has 2 heterocycles. The van der Waals surface area contributed by atoms with Gasteiger partial charge in [-0.2, -0.15) is 0 Å². The molecule has 1 atom stereocenters. The average Bonchev–Trinajstić information content (AvgIpc) is 3.30. The van der Waals surface area contributed by atoms with E-state index in [1.807, 2.05) is 12.1 Å². The van der Waals surface area contributed by atoms with E-state index in [-0.39, 0.29) is 30.8 Å². The lowest BCUT2D eigenvalue weighted by Gasteiger charge is -2.13. The highest BCUT2D eigenvalue weighted by atomic mass is 79.9. The molecule has 0 spiro atoms. The van der Waals surface area contributed by atoms with E-state index in [4.69, 9.17) is 21.1 Å². The van der Waals surface area contributed by atoms with Crippen LogP contribution in [0, 0.1) is 0 Å². The lowest BCUT2D eigenvalue weighted by Crippen LogP contribution is -2.29. The monoisotopic (exact) mass is 590 g/mol. The average molecular weight is 592 g/mol. The number of hydrogen-bond donors (Lipinski definition) is 2. The van der Waals surface area contributed by atoms with Crippen LogP contribution in [0.3, 0.4) is 0 Å². The number of aryl methyl sites for hydroxylation is 1. The molecule has 2 N–H and O–H groups in total. The molecule has 0 unspecified atom stereocenters. The van der Waals surface area contributed by atoms with E-state index in [2.05, 4.69) is 21.2 Å². The molecule has 1 amide bonds. The molecule has 0 saturated carbocycles. The summed E-state index contributed by atoms with van der Waals surface area (Å²) in [5.74, 6) is 0.238. The van der Waals surface area contributed by atoms with Gasteiger partial charge >= 0.3 is 0 Å². The number of pyridine rings is 1. The Labute approximate surface area is 225 Å². The molecule has 0 fully saturated rings. The van der Waals surface area contributed by atoms with Gasteiger partial charge in [-0.25, -0.2) is 0 Å². The van der Waals surface area contributed by atoms with Crippen molar-refractivity contribution in [2.24, 2.45) is 7.05 Å². The van der Waals surface area contributed by atoms with Crippen molar-refractivity contribution < 1.29 is 19.4 Å². The van der Waals surface area contributed by atoms with Crippen LogP contribution in [0.4, 0.5) is 0 Å². The first-order valence-electron chi connectivity index (χ1n) is 11.0. The Morgan fingerprint density at radius 1 is 1.22 bits per heavy atom. The van der Waals surface area contributed by atoms with Crippen molar-refractivity contribution in [3.63, 3.8) is 0 Å². The van der Waals surface area contributed by atoms with Gasteiger partial charge in [-0.15, -0.1) is 11.3 Å². The number of halogens is 2. The number of thiophene rings is 1. The van der Waals surface area contributed by atoms with Gasteiger partial charge in [-0.05, 0) is 57.4 Å². The minimum Gasteiger partial charge on any atom is -0.496 e. The number of aliphatic hydroxyl groups excluding tert-OH is 1. The fourth-order valence-electron chi connectivity index (χ4n) is 3.68. The van der Waals surface area contributed by atoms with Crippen LogP contribution in [0.5, 0.6) is 5.75 Å². The lowest BCUT2D eigenvalue weighted by molar-refractivity contribution is 0.0287. The van der Waals surface area contributed by atoms with Crippen LogP contribution in [0.1, 0.15) is 32.5 Å². The van der Waals surface area contributed by atoms with E-state index < -0.39 is 12.0 Å². The summed E-state index contributed by atoms with van der Waals surface area (Å²) in [5, 5.41) is 14.3. The maximum Gasteiger partial charge on any atom is 0.257 e. The number of aliphatic hydroxyl groups is 1. The molecule has 2 aromatic carbocycles. The molecule has 36 heavy (non-hydrogen) atoms. The van der Waals surface area contributed by atoms with Crippen molar-refractivity contribution in [1.29, 1.82) is 0 Å². The van der Waals surface area contributed by atoms with E-state index in [9.17, 15) is 14.7 Å². The van der Waals surface area contributed by atoms with Crippen LogP contribution >= 0.6 is 38.9 Å². The minimum atomic E-state index is -0.816. The maximum absolute atomic E-state index is 13.1. The van der Waals surface area contributed by atoms with Gasteiger partial charge in [0.25, 0.3) is 5.91 Å². The molecule has 4 rings (SSSR count). The molecular formula is C26H24BrClN2O5S. The topological polar surface area (TPSA) is 89.8 Å². The van der Waals surface area contributed by atoms with Crippen LogP contribution in [0.15, 0.2) is 64.0 Å². The van der Waals surface area contributed by atoms with Gasteiger partial charge in [0.05, 0.1) is 30.2 Å². The Hall–Kier alpha value is -2.69. The molecule has 0 aliphatic heterocycles. The lowest BCUT2D eigenvalue weighted by atomic mass is 10.1. The number of nitrogens with one attached hydrogen (secondary N) is 1. The van der Waals surface area contributed by atoms with Crippen LogP contribution in [0.25, 0.3) is 10.2 Å². The number of carbonyl (C=O) groups is 1. The molecule has 0 aliphatic rings. The van der Waals surface area contributed by atoms with Gasteiger partial charge < -0.3 is 24.5 Å². The van der Waals surface area contributed by atoms with E-state index in [1.54, 1.807) is 61.3 Å². The molecule has 0 radical (unpaired) electrons. The first kappa shape index (κ1) is 26.4. The molecule has 0 saturated heterocycles. The van der Waals surface area contributed by atoms with Crippen LogP contribution in [-0.2, 0) is 24.9 Å². The maximum atomic E-state index is 13.1. The van der Waals surface area contributed by atoms with Crippen molar-refractivity contribution >= 4 is 55.0 Å². The summed E-state index contributed by atoms with van der Waals surface area (Å²) < 4.78 is 13.5. The quantitative estimate of drug-likeness (QED) is 0.279. The van der Waals surface area contributed by atoms with E-state index in [0.717, 1.165) is 19.7 Å². The summed E-state index contributed by atoms with van der Waals surface area (Å²) >= 11 is 10.7. The number of aromatic nitrogens is 1. The largest absolute Gasteiger partial charge is 0.496 e. The van der Waals surface area contributed by atoms with Gasteiger partial charge in [0.2, 0.25) is 5.43 Å². The molecule has 0 bridgehead atoms. The molecule has 188 valence electrons. The van der Waals surface area contributed by atoms with Crippen molar-refractivity contribution in [3.8, 4) is 5.75 Å². The normalized spacial score (nSPS) is 12.0. The van der Waals surface area contributed by atoms with Gasteiger partial charge in [0.1, 0.15) is 22.2 Å². The summed E-state index contributed by atoms with van der Waals surface area (Å²) in [5.41, 5.74) is 1.32. The second-order valence-electron chi connectivity index (χ2n) is 8.15. The Morgan fingerprint density at radius 3 is 2.67 bits per heavy atom. The summed E-state index contributed by atoms with van der Waals surface area (Å²) in [7, 11) is 3.37. The molecule has 4 aromatic rings. The fourth-order valence-corrected chi connectivity index (χ4v) is 5.39. The standard InChI is InChI=1S/C26H24BrClN2O5S/c1-30-12-20(25(33)29-11-15-3-6-17(28)7-4-15)24(32)19-10-18(36-26(19)30)13-35-14-22(31)16-5-8-23(34-2)21(27)9-16/h3-10,12,22,31H,11,13-14H2,1-2H3,(H,29,33)/t22-/m0/s1. The van der Waals surface area contributed by atoms with Crippen molar-refractivity contribution in [2.45, 2.75) is 19.3 Å². The second-order valence-corrected chi connectivity index (χ2v) is 10.6. The highest BCUT2D eigenvalue weighted by Gasteiger charge is 2.17. The van der Waals surface area contributed by atoms with Crippen LogP contribution < -0.4 is 15.5 Å². The molecule has 7 nitrogen and oxygen atoms in total. The van der Waals surface area contributed by atoms with Gasteiger partial charge in [0.15, 0.2) is 0 Å². The van der Waals surface area contributed by atoms with Crippen molar-refractivity contribution in [3.05, 3.63) is 96.0 Å². The van der Waals surface area contributed by atoms with Crippen LogP contribution in [0.2, 0.25) is 5.02 Å². The number of rotatable bonds is 9. The number of methoxy groups -OCH3 is 1. The zero-order valence-electron chi connectivity index (χ0n) is 19.6. The molecule has 0 aliphatic carbocycles. The summed E-state index contributed by atoms with van der Waals surface area (Å²) in [6.45, 7) is 0.597. The predicted molar refractivity (Wildman–Crippen MR) is 145 cm³/mol. The van der Waals surface area contributed by atoms with E-state index in [0.29, 0.717) is 21.7 Å². The SMILES string of the molecule is COc1ccc([C@@H](O)COCc2cc3c(=O)c(C(=O)NCc4ccc(Cl)cc4)cn(C)c3s2)cc1Br. The first-order chi connectivity index (χ1) is 17.3. The third-order valence-electron chi connectivity index (χ3n) is 5.59. The zero-order valence-corrected chi connectivity index (χ0v) is 22.7. The van der Waals surface area contributed by atoms with Gasteiger partial charge in [-0.3, -0.25) is 9.59 Å². The Bertz CT molecular complexity index is 1450. The summed E-state index contributed by atoms with van der Waals surface area (Å²) in [6, 6.07) is 14.2. The van der Waals surface area contributed by atoms with Crippen LogP contribution in [-0.4, -0.2) is 29.3 Å². The van der Waals surface area contributed by atoms with Gasteiger partial charge in [-0.1, -0.05) is 29.8 Å². The number of amides is 1. The fraction of sp³-hybridized carbons (Fsp3) is 0.231. The van der Waals surface area contributed by atoms with E-state index >= 15 is 0 Å². The number of benzene rings is 2. The zero-order chi connectivity index (χ0) is 25.8. The number of nitrogens with zero attached hydrogens (tertiary/aromatic N) is 1. The Kier molecular flexibility index (Phi) is 8.48. The predicted octanol–water partition coefficient (Wildman–Crippen LogP) is 5.20. The van der Waals surface area contributed by atoms with Crippen molar-refractivity contribution in [1.82, 2.24) is 9.88 Å². The minimum absolute atomic E-state index is 0.0738. The molecule has 10 heteroatoms. The number of fused-ring (bicyclic) bond motifs is 1. The third-order valence-corrected chi connectivity index (χ3v) is 7.66. The molecular weight excluding hydrogens is 568 g/mol. The van der Waals surface area contributed by atoms with Crippen molar-refractivity contribution in [2.75, 3.05) is 13.7 Å².